The van der Waals surface area contributed by atoms with Crippen LogP contribution in [0.1, 0.15) is 52.0 Å². The second kappa shape index (κ2) is 9.69. The van der Waals surface area contributed by atoms with Crippen molar-refractivity contribution in [2.24, 2.45) is 28.6 Å². The van der Waals surface area contributed by atoms with Crippen LogP contribution in [-0.2, 0) is 19.7 Å². The Kier molecular flexibility index (Phi) is 7.39. The lowest BCUT2D eigenvalue weighted by atomic mass is 9.44. The molecule has 0 spiro atoms. The first-order chi connectivity index (χ1) is 18.0. The maximum Gasteiger partial charge on any atom is 0.294 e. The van der Waals surface area contributed by atoms with Crippen molar-refractivity contribution in [2.45, 2.75) is 75.6 Å². The fourth-order valence-corrected chi connectivity index (χ4v) is 8.45. The van der Waals surface area contributed by atoms with Crippen molar-refractivity contribution in [3.63, 3.8) is 0 Å². The van der Waals surface area contributed by atoms with Gasteiger partial charge in [-0.05, 0) is 75.7 Å². The molecule has 0 amide bonds. The van der Waals surface area contributed by atoms with Gasteiger partial charge in [-0.3, -0.25) is 14.1 Å². The highest BCUT2D eigenvalue weighted by atomic mass is 32.2. The third-order valence-electron chi connectivity index (χ3n) is 10.1. The van der Waals surface area contributed by atoms with Crippen LogP contribution < -0.4 is 0 Å². The van der Waals surface area contributed by atoms with Gasteiger partial charge in [-0.2, -0.15) is 8.42 Å². The molecule has 8 nitrogen and oxygen atoms in total. The minimum absolute atomic E-state index is 0.0666. The summed E-state index contributed by atoms with van der Waals surface area (Å²) in [5.74, 6) is -2.12. The number of rotatable bonds is 3. The smallest absolute Gasteiger partial charge is 0.294 e. The second-order valence-electron chi connectivity index (χ2n) is 12.0. The minimum Gasteiger partial charge on any atom is -0.390 e. The van der Waals surface area contributed by atoms with E-state index in [9.17, 15) is 33.3 Å². The Morgan fingerprint density at radius 2 is 1.77 bits per heavy atom. The van der Waals surface area contributed by atoms with Gasteiger partial charge in [0.1, 0.15) is 12.2 Å². The van der Waals surface area contributed by atoms with E-state index in [0.29, 0.717) is 24.8 Å². The molecule has 0 radical (unpaired) electrons. The van der Waals surface area contributed by atoms with E-state index in [1.807, 2.05) is 6.92 Å². The molecule has 0 bridgehead atoms. The number of hydrogen-bond acceptors (Lipinski definition) is 7. The predicted molar refractivity (Wildman–Crippen MR) is 141 cm³/mol. The summed E-state index contributed by atoms with van der Waals surface area (Å²) in [6, 6.07) is 5.99. The summed E-state index contributed by atoms with van der Waals surface area (Å²) in [7, 11) is -4.02. The topological polar surface area (TPSA) is 149 Å². The number of allylic oxidation sites excluding steroid dienone is 4. The predicted octanol–water partition coefficient (Wildman–Crippen LogP) is 3.14. The lowest BCUT2D eigenvalue weighted by molar-refractivity contribution is -0.219. The fourth-order valence-electron chi connectivity index (χ4n) is 7.97. The van der Waals surface area contributed by atoms with Crippen molar-refractivity contribution in [1.29, 1.82) is 0 Å². The second-order valence-corrected chi connectivity index (χ2v) is 13.5. The molecule has 0 aromatic heterocycles. The van der Waals surface area contributed by atoms with Crippen LogP contribution in [0.25, 0.3) is 0 Å². The van der Waals surface area contributed by atoms with Gasteiger partial charge in [-0.1, -0.05) is 43.2 Å². The molecule has 10 heteroatoms. The van der Waals surface area contributed by atoms with Gasteiger partial charge in [-0.25, -0.2) is 4.39 Å². The highest BCUT2D eigenvalue weighted by Crippen LogP contribution is 2.70. The maximum atomic E-state index is 16.9. The normalized spacial score (nSPS) is 40.9. The average molecular weight is 565 g/mol. The van der Waals surface area contributed by atoms with Crippen LogP contribution in [-0.4, -0.2) is 63.8 Å². The van der Waals surface area contributed by atoms with Gasteiger partial charge in [0.05, 0.1) is 11.0 Å². The van der Waals surface area contributed by atoms with Crippen LogP contribution in [0.4, 0.5) is 4.39 Å². The van der Waals surface area contributed by atoms with Crippen LogP contribution in [0.5, 0.6) is 0 Å². The molecule has 0 saturated heterocycles. The van der Waals surface area contributed by atoms with Gasteiger partial charge in [0, 0.05) is 16.7 Å². The Morgan fingerprint density at radius 1 is 1.15 bits per heavy atom. The van der Waals surface area contributed by atoms with Crippen molar-refractivity contribution in [3.05, 3.63) is 53.6 Å². The molecule has 39 heavy (non-hydrogen) atoms. The number of alkyl halides is 1. The summed E-state index contributed by atoms with van der Waals surface area (Å²) in [6.45, 7) is 6.32. The van der Waals surface area contributed by atoms with Gasteiger partial charge >= 0.3 is 0 Å². The van der Waals surface area contributed by atoms with E-state index >= 15 is 4.39 Å². The zero-order valence-electron chi connectivity index (χ0n) is 22.6. The summed E-state index contributed by atoms with van der Waals surface area (Å²) in [5, 5.41) is 32.0. The first-order valence-corrected chi connectivity index (χ1v) is 14.6. The van der Waals surface area contributed by atoms with E-state index in [4.69, 9.17) is 4.55 Å². The number of Topliss-reactive ketones (excluding diaryl/α,β-unsaturated/α-hetero) is 1. The summed E-state index contributed by atoms with van der Waals surface area (Å²) >= 11 is 0. The summed E-state index contributed by atoms with van der Waals surface area (Å²) in [4.78, 5) is 24.3. The van der Waals surface area contributed by atoms with Gasteiger partial charge in [0.2, 0.25) is 0 Å². The van der Waals surface area contributed by atoms with Crippen LogP contribution in [0, 0.1) is 35.5 Å². The van der Waals surface area contributed by atoms with Crippen molar-refractivity contribution < 1.29 is 42.3 Å². The quantitative estimate of drug-likeness (QED) is 0.409. The maximum absolute atomic E-state index is 16.9. The zero-order chi connectivity index (χ0) is 29.2. The molecule has 3 saturated carbocycles. The van der Waals surface area contributed by atoms with E-state index in [-0.39, 0.29) is 23.0 Å². The lowest BCUT2D eigenvalue weighted by Gasteiger charge is -2.62. The summed E-state index contributed by atoms with van der Waals surface area (Å²) in [5.41, 5.74) is -4.21. The number of benzene rings is 1. The molecule has 0 aliphatic heterocycles. The van der Waals surface area contributed by atoms with Crippen molar-refractivity contribution in [2.75, 3.05) is 6.61 Å². The monoisotopic (exact) mass is 564 g/mol. The number of aliphatic hydroxyl groups is 3. The molecule has 4 N–H and O–H groups in total. The number of fused-ring (bicyclic) bond motifs is 5. The molecule has 1 aromatic carbocycles. The summed E-state index contributed by atoms with van der Waals surface area (Å²) < 4.78 is 46.4. The minimum atomic E-state index is -4.02. The molecule has 4 aliphatic carbocycles. The molecule has 8 atom stereocenters. The number of carbonyl (C=O) groups excluding carboxylic acids is 2. The number of aliphatic hydroxyl groups excluding tert-OH is 2. The third kappa shape index (κ3) is 4.26. The Labute approximate surface area is 228 Å². The fraction of sp³-hybridized carbons (Fsp3) is 0.586. The Balaban J connectivity index is 0.000000270. The van der Waals surface area contributed by atoms with E-state index in [1.165, 1.54) is 24.3 Å². The average Bonchev–Trinajstić information content (AvgIpc) is 3.06. The van der Waals surface area contributed by atoms with Gasteiger partial charge in [0.25, 0.3) is 10.1 Å². The highest BCUT2D eigenvalue weighted by molar-refractivity contribution is 7.85. The lowest BCUT2D eigenvalue weighted by Crippen LogP contribution is -2.69. The molecule has 1 aromatic rings. The molecular formula is C29H37FO8S. The van der Waals surface area contributed by atoms with Crippen molar-refractivity contribution in [3.8, 4) is 0 Å². The van der Waals surface area contributed by atoms with Crippen LogP contribution >= 0.6 is 0 Å². The third-order valence-corrected chi connectivity index (χ3v) is 11.0. The van der Waals surface area contributed by atoms with E-state index in [0.717, 1.165) is 5.56 Å². The number of carbonyl (C=O) groups is 2. The summed E-state index contributed by atoms with van der Waals surface area (Å²) in [6.07, 6.45) is 4.44. The Morgan fingerprint density at radius 3 is 2.33 bits per heavy atom. The molecule has 3 fully saturated rings. The molecule has 0 unspecified atom stereocenters. The van der Waals surface area contributed by atoms with E-state index in [1.54, 1.807) is 39.0 Å². The van der Waals surface area contributed by atoms with Crippen LogP contribution in [0.2, 0.25) is 0 Å². The molecule has 0 heterocycles. The highest BCUT2D eigenvalue weighted by Gasteiger charge is 2.75. The van der Waals surface area contributed by atoms with Gasteiger partial charge < -0.3 is 15.3 Å². The number of halogens is 1. The number of ketones is 2. The number of hydrogen-bond donors (Lipinski definition) is 4. The van der Waals surface area contributed by atoms with Crippen LogP contribution in [0.3, 0.4) is 0 Å². The van der Waals surface area contributed by atoms with Crippen molar-refractivity contribution >= 4 is 21.7 Å². The Hall–Kier alpha value is -2.24. The van der Waals surface area contributed by atoms with Gasteiger partial charge in [-0.15, -0.1) is 0 Å². The first-order valence-electron chi connectivity index (χ1n) is 13.2. The molecule has 5 rings (SSSR count). The van der Waals surface area contributed by atoms with Crippen LogP contribution in [0.15, 0.2) is 53.0 Å². The Bertz CT molecular complexity index is 1340. The SMILES string of the molecule is C[C@@H]1C[C@H]2[C@@H]3CCC4=CC(=O)C=C[C@]4(C)[C@@]3(F)[C@@H](O)C[C@]2(C)[C@@]1(O)C(=O)CO.Cc1ccc(S(=O)(=O)O)cc1. The van der Waals surface area contributed by atoms with E-state index < -0.39 is 62.5 Å². The first kappa shape index (κ1) is 29.7. The van der Waals surface area contributed by atoms with Crippen molar-refractivity contribution in [1.82, 2.24) is 0 Å². The molecular weight excluding hydrogens is 527 g/mol. The largest absolute Gasteiger partial charge is 0.390 e. The molecule has 4 aliphatic rings. The molecule has 214 valence electrons. The van der Waals surface area contributed by atoms with E-state index in [2.05, 4.69) is 0 Å². The standard InChI is InChI=1S/C22H29FO5.C7H8O3S/c1-12-8-16-15-5-4-13-9-14(25)6-7-19(13,2)21(15,23)17(26)10-20(16,3)22(12,28)18(27)11-24;1-6-2-4-7(5-3-6)11(8,9)10/h6-7,9,12,15-17,24,26,28H,4-5,8,10-11H2,1-3H3;2-5H,1H3,(H,8,9,10)/t12-,15+,16+,17+,19+,20+,21+,22+;/m1./s1. The van der Waals surface area contributed by atoms with Gasteiger partial charge in [0.15, 0.2) is 17.2 Å². The number of aryl methyl sites for hydroxylation is 1. The zero-order valence-corrected chi connectivity index (χ0v) is 23.4.